The van der Waals surface area contributed by atoms with Crippen molar-refractivity contribution in [1.29, 1.82) is 0 Å². The number of aromatic carboxylic acids is 1. The van der Waals surface area contributed by atoms with Crippen molar-refractivity contribution >= 4 is 17.6 Å². The van der Waals surface area contributed by atoms with E-state index in [2.05, 4.69) is 5.32 Å². The quantitative estimate of drug-likeness (QED) is 0.561. The van der Waals surface area contributed by atoms with E-state index in [-0.39, 0.29) is 24.0 Å². The number of ether oxygens (including phenoxy) is 1. The van der Waals surface area contributed by atoms with E-state index in [1.165, 1.54) is 12.1 Å². The number of rotatable bonds is 5. The maximum atomic E-state index is 11.4. The lowest BCUT2D eigenvalue weighted by Gasteiger charge is -2.17. The summed E-state index contributed by atoms with van der Waals surface area (Å²) in [6, 6.07) is 6.01. The van der Waals surface area contributed by atoms with Crippen LogP contribution in [0.4, 0.5) is 5.69 Å². The van der Waals surface area contributed by atoms with Gasteiger partial charge in [-0.1, -0.05) is 6.08 Å². The van der Waals surface area contributed by atoms with Gasteiger partial charge in [-0.15, -0.1) is 0 Å². The Kier molecular flexibility index (Phi) is 4.59. The number of nitrogens with one attached hydrogen (secondary N) is 1. The van der Waals surface area contributed by atoms with E-state index in [1.54, 1.807) is 31.2 Å². The van der Waals surface area contributed by atoms with Crippen molar-refractivity contribution in [2.75, 3.05) is 5.32 Å². The third-order valence-electron chi connectivity index (χ3n) is 3.11. The first-order valence-corrected chi connectivity index (χ1v) is 6.61. The first-order chi connectivity index (χ1) is 9.95. The Morgan fingerprint density at radius 2 is 2.10 bits per heavy atom. The first-order valence-electron chi connectivity index (χ1n) is 6.61. The predicted octanol–water partition coefficient (Wildman–Crippen LogP) is 1.42. The molecular weight excluding hydrogens is 274 g/mol. The fraction of sp³-hybridized carbons (Fsp3) is 0.333. The molecule has 0 unspecified atom stereocenters. The van der Waals surface area contributed by atoms with Crippen molar-refractivity contribution in [1.82, 2.24) is 0 Å². The average molecular weight is 291 g/mol. The fourth-order valence-corrected chi connectivity index (χ4v) is 2.08. The van der Waals surface area contributed by atoms with Crippen LogP contribution in [0.2, 0.25) is 0 Å². The van der Waals surface area contributed by atoms with Crippen molar-refractivity contribution in [3.05, 3.63) is 42.0 Å². The van der Waals surface area contributed by atoms with Gasteiger partial charge in [-0.3, -0.25) is 4.79 Å². The van der Waals surface area contributed by atoms with Crippen molar-refractivity contribution in [2.45, 2.75) is 31.6 Å². The maximum absolute atomic E-state index is 11.4. The SMILES string of the molecule is C[C@@H](O)C=C[C@H]1OC(=O)C[C@H]1Nc1ccc(C(=O)O)cc1. The van der Waals surface area contributed by atoms with Gasteiger partial charge in [0.25, 0.3) is 0 Å². The highest BCUT2D eigenvalue weighted by atomic mass is 16.6. The molecule has 3 atom stereocenters. The van der Waals surface area contributed by atoms with Crippen LogP contribution in [0.5, 0.6) is 0 Å². The first kappa shape index (κ1) is 15.1. The van der Waals surface area contributed by atoms with Gasteiger partial charge in [-0.2, -0.15) is 0 Å². The molecule has 1 aliphatic rings. The Morgan fingerprint density at radius 3 is 2.67 bits per heavy atom. The topological polar surface area (TPSA) is 95.9 Å². The summed E-state index contributed by atoms with van der Waals surface area (Å²) in [5.41, 5.74) is 0.906. The third-order valence-corrected chi connectivity index (χ3v) is 3.11. The number of esters is 1. The molecule has 1 aliphatic heterocycles. The molecule has 6 heteroatoms. The van der Waals surface area contributed by atoms with Crippen LogP contribution >= 0.6 is 0 Å². The zero-order valence-electron chi connectivity index (χ0n) is 11.5. The summed E-state index contributed by atoms with van der Waals surface area (Å²) in [5.74, 6) is -1.30. The molecule has 0 aliphatic carbocycles. The zero-order valence-corrected chi connectivity index (χ0v) is 11.5. The van der Waals surface area contributed by atoms with Crippen LogP contribution in [0.25, 0.3) is 0 Å². The highest BCUT2D eigenvalue weighted by molar-refractivity contribution is 5.88. The van der Waals surface area contributed by atoms with Crippen LogP contribution in [0.3, 0.4) is 0 Å². The minimum absolute atomic E-state index is 0.199. The van der Waals surface area contributed by atoms with Crippen LogP contribution in [0.1, 0.15) is 23.7 Å². The lowest BCUT2D eigenvalue weighted by molar-refractivity contribution is -0.140. The molecule has 6 nitrogen and oxygen atoms in total. The molecule has 1 heterocycles. The number of carboxylic acids is 1. The number of cyclic esters (lactones) is 1. The van der Waals surface area contributed by atoms with E-state index in [4.69, 9.17) is 9.84 Å². The highest BCUT2D eigenvalue weighted by Crippen LogP contribution is 2.21. The molecule has 0 aromatic heterocycles. The Bertz CT molecular complexity index is 550. The summed E-state index contributed by atoms with van der Waals surface area (Å²) in [4.78, 5) is 22.2. The van der Waals surface area contributed by atoms with Gasteiger partial charge in [0, 0.05) is 5.69 Å². The molecular formula is C15H17NO5. The van der Waals surface area contributed by atoms with E-state index < -0.39 is 18.2 Å². The monoisotopic (exact) mass is 291 g/mol. The number of aliphatic hydroxyl groups excluding tert-OH is 1. The van der Waals surface area contributed by atoms with Crippen molar-refractivity contribution in [2.24, 2.45) is 0 Å². The number of carbonyl (C=O) groups is 2. The third kappa shape index (κ3) is 4.06. The molecule has 0 radical (unpaired) electrons. The largest absolute Gasteiger partial charge is 0.478 e. The van der Waals surface area contributed by atoms with Crippen molar-refractivity contribution in [3.8, 4) is 0 Å². The van der Waals surface area contributed by atoms with Gasteiger partial charge in [0.05, 0.1) is 24.1 Å². The second-order valence-electron chi connectivity index (χ2n) is 4.92. The number of carbonyl (C=O) groups excluding carboxylic acids is 1. The predicted molar refractivity (Wildman–Crippen MR) is 76.1 cm³/mol. The summed E-state index contributed by atoms with van der Waals surface area (Å²) in [6.45, 7) is 1.61. The summed E-state index contributed by atoms with van der Waals surface area (Å²) in [5, 5.41) is 21.2. The summed E-state index contributed by atoms with van der Waals surface area (Å²) in [6.07, 6.45) is 2.37. The van der Waals surface area contributed by atoms with Crippen molar-refractivity contribution in [3.63, 3.8) is 0 Å². The minimum Gasteiger partial charge on any atom is -0.478 e. The number of anilines is 1. The molecule has 112 valence electrons. The molecule has 0 saturated carbocycles. The van der Waals surface area contributed by atoms with Gasteiger partial charge in [-0.05, 0) is 37.3 Å². The van der Waals surface area contributed by atoms with Gasteiger partial charge in [0.15, 0.2) is 0 Å². The van der Waals surface area contributed by atoms with Crippen LogP contribution in [-0.4, -0.2) is 40.4 Å². The standard InChI is InChI=1S/C15H17NO5/c1-9(17)2-7-13-12(8-14(18)21-13)16-11-5-3-10(4-6-11)15(19)20/h2-7,9,12-13,16-17H,8H2,1H3,(H,19,20)/t9-,12-,13-/m1/s1. The number of aliphatic hydroxyl groups is 1. The van der Waals surface area contributed by atoms with Crippen LogP contribution < -0.4 is 5.32 Å². The van der Waals surface area contributed by atoms with E-state index in [0.717, 1.165) is 0 Å². The van der Waals surface area contributed by atoms with Crippen LogP contribution in [-0.2, 0) is 9.53 Å². The molecule has 0 spiro atoms. The number of carboxylic acid groups (broad SMARTS) is 1. The van der Waals surface area contributed by atoms with E-state index in [0.29, 0.717) is 5.69 Å². The van der Waals surface area contributed by atoms with Gasteiger partial charge in [-0.25, -0.2) is 4.79 Å². The number of hydrogen-bond donors (Lipinski definition) is 3. The second-order valence-corrected chi connectivity index (χ2v) is 4.92. The summed E-state index contributed by atoms with van der Waals surface area (Å²) >= 11 is 0. The molecule has 0 amide bonds. The molecule has 3 N–H and O–H groups in total. The van der Waals surface area contributed by atoms with Crippen LogP contribution in [0.15, 0.2) is 36.4 Å². The molecule has 1 saturated heterocycles. The maximum Gasteiger partial charge on any atom is 0.335 e. The van der Waals surface area contributed by atoms with Gasteiger partial charge >= 0.3 is 11.9 Å². The number of benzene rings is 1. The second kappa shape index (κ2) is 6.41. The Labute approximate surface area is 122 Å². The number of hydrogen-bond acceptors (Lipinski definition) is 5. The van der Waals surface area contributed by atoms with Crippen LogP contribution in [0, 0.1) is 0 Å². The normalized spacial score (nSPS) is 23.0. The Balaban J connectivity index is 2.05. The highest BCUT2D eigenvalue weighted by Gasteiger charge is 2.33. The Morgan fingerprint density at radius 1 is 1.43 bits per heavy atom. The molecule has 1 aromatic carbocycles. The summed E-state index contributed by atoms with van der Waals surface area (Å²) in [7, 11) is 0. The van der Waals surface area contributed by atoms with Gasteiger partial charge in [0.1, 0.15) is 6.10 Å². The van der Waals surface area contributed by atoms with E-state index in [9.17, 15) is 14.7 Å². The van der Waals surface area contributed by atoms with Gasteiger partial charge < -0.3 is 20.3 Å². The van der Waals surface area contributed by atoms with Crippen molar-refractivity contribution < 1.29 is 24.5 Å². The molecule has 21 heavy (non-hydrogen) atoms. The fourth-order valence-electron chi connectivity index (χ4n) is 2.08. The van der Waals surface area contributed by atoms with Gasteiger partial charge in [0.2, 0.25) is 0 Å². The molecule has 0 bridgehead atoms. The summed E-state index contributed by atoms with van der Waals surface area (Å²) < 4.78 is 5.17. The molecule has 1 fully saturated rings. The Hall–Kier alpha value is -2.34. The lowest BCUT2D eigenvalue weighted by atomic mass is 10.1. The lowest BCUT2D eigenvalue weighted by Crippen LogP contribution is -2.27. The molecule has 2 rings (SSSR count). The zero-order chi connectivity index (χ0) is 15.4. The molecule has 1 aromatic rings. The van der Waals surface area contributed by atoms with E-state index in [1.807, 2.05) is 0 Å². The smallest absolute Gasteiger partial charge is 0.335 e. The van der Waals surface area contributed by atoms with E-state index >= 15 is 0 Å². The minimum atomic E-state index is -0.987. The average Bonchev–Trinajstić information content (AvgIpc) is 2.77.